The molecule has 3 rings (SSSR count). The lowest BCUT2D eigenvalue weighted by Gasteiger charge is -2.48. The van der Waals surface area contributed by atoms with E-state index in [2.05, 4.69) is 17.1 Å². The summed E-state index contributed by atoms with van der Waals surface area (Å²) < 4.78 is 5.52. The van der Waals surface area contributed by atoms with Gasteiger partial charge in [-0.3, -0.25) is 14.5 Å². The number of rotatable bonds is 7. The van der Waals surface area contributed by atoms with Crippen molar-refractivity contribution in [2.45, 2.75) is 76.0 Å². The molecule has 3 N–H and O–H groups in total. The van der Waals surface area contributed by atoms with Gasteiger partial charge < -0.3 is 20.3 Å². The molecule has 1 aromatic carbocycles. The van der Waals surface area contributed by atoms with Crippen LogP contribution >= 0.6 is 0 Å². The van der Waals surface area contributed by atoms with Crippen molar-refractivity contribution in [3.8, 4) is 0 Å². The number of nitrogens with one attached hydrogen (secondary N) is 1. The Morgan fingerprint density at radius 1 is 1.13 bits per heavy atom. The minimum Gasteiger partial charge on any atom is -0.480 e. The molecule has 2 aliphatic rings. The summed E-state index contributed by atoms with van der Waals surface area (Å²) in [7, 11) is 1.79. The molecule has 0 bridgehead atoms. The lowest BCUT2D eigenvalue weighted by atomic mass is 9.79. The molecular weight excluding hydrogens is 384 g/mol. The Labute approximate surface area is 178 Å². The monoisotopic (exact) mass is 418 g/mol. The summed E-state index contributed by atoms with van der Waals surface area (Å²) in [6, 6.07) is 5.44. The Balaban J connectivity index is 1.66. The topological polar surface area (TPSA) is 99.1 Å². The second-order valence-electron chi connectivity index (χ2n) is 9.04. The molecule has 7 heteroatoms. The van der Waals surface area contributed by atoms with Crippen LogP contribution in [-0.4, -0.2) is 64.9 Å². The van der Waals surface area contributed by atoms with Crippen molar-refractivity contribution in [2.24, 2.45) is 0 Å². The van der Waals surface area contributed by atoms with E-state index in [1.165, 1.54) is 0 Å². The number of aliphatic carboxylic acids is 2. The number of carboxylic acid groups (broad SMARTS) is 2. The fraction of sp³-hybridized carbons (Fsp3) is 0.652. The van der Waals surface area contributed by atoms with Crippen LogP contribution in [0.4, 0.5) is 5.69 Å². The van der Waals surface area contributed by atoms with Gasteiger partial charge in [0.2, 0.25) is 0 Å². The highest BCUT2D eigenvalue weighted by Crippen LogP contribution is 2.37. The number of benzene rings is 1. The van der Waals surface area contributed by atoms with Gasteiger partial charge in [0.1, 0.15) is 0 Å². The molecule has 7 nitrogen and oxygen atoms in total. The highest BCUT2D eigenvalue weighted by atomic mass is 16.5. The van der Waals surface area contributed by atoms with Crippen LogP contribution in [0.3, 0.4) is 0 Å². The second-order valence-corrected chi connectivity index (χ2v) is 9.04. The van der Waals surface area contributed by atoms with Crippen molar-refractivity contribution >= 4 is 17.6 Å². The molecule has 1 aliphatic carbocycles. The van der Waals surface area contributed by atoms with Crippen LogP contribution in [0, 0.1) is 6.92 Å². The first-order chi connectivity index (χ1) is 14.2. The number of anilines is 1. The van der Waals surface area contributed by atoms with Gasteiger partial charge in [-0.25, -0.2) is 0 Å². The van der Waals surface area contributed by atoms with Gasteiger partial charge in [0.15, 0.2) is 5.92 Å². The zero-order chi connectivity index (χ0) is 21.9. The highest BCUT2D eigenvalue weighted by molar-refractivity contribution is 6.00. The van der Waals surface area contributed by atoms with Gasteiger partial charge in [-0.05, 0) is 64.0 Å². The number of carboxylic acids is 2. The maximum absolute atomic E-state index is 11.5. The normalized spacial score (nSPS) is 25.9. The zero-order valence-corrected chi connectivity index (χ0v) is 18.2. The number of hydrogen-bond donors (Lipinski definition) is 3. The SMILES string of the molecule is COC1CCC(C)(N2CCC(Nc3cc(C)ccc3C(C(=O)O)C(=O)O)CC2)CC1. The van der Waals surface area contributed by atoms with E-state index in [4.69, 9.17) is 4.74 Å². The summed E-state index contributed by atoms with van der Waals surface area (Å²) in [5.41, 5.74) is 2.12. The van der Waals surface area contributed by atoms with E-state index in [9.17, 15) is 19.8 Å². The molecule has 0 aromatic heterocycles. The Bertz CT molecular complexity index is 751. The van der Waals surface area contributed by atoms with E-state index in [0.717, 1.165) is 57.2 Å². The molecule has 1 aliphatic heterocycles. The molecule has 1 saturated carbocycles. The Kier molecular flexibility index (Phi) is 7.03. The lowest BCUT2D eigenvalue weighted by molar-refractivity contribution is -0.150. The van der Waals surface area contributed by atoms with Crippen molar-refractivity contribution in [3.05, 3.63) is 29.3 Å². The molecule has 2 fully saturated rings. The van der Waals surface area contributed by atoms with Crippen LogP contribution in [0.5, 0.6) is 0 Å². The summed E-state index contributed by atoms with van der Waals surface area (Å²) in [4.78, 5) is 25.7. The number of piperidine rings is 1. The van der Waals surface area contributed by atoms with E-state index in [1.807, 2.05) is 13.0 Å². The van der Waals surface area contributed by atoms with E-state index in [1.54, 1.807) is 19.2 Å². The molecule has 0 amide bonds. The highest BCUT2D eigenvalue weighted by Gasteiger charge is 2.38. The molecule has 30 heavy (non-hydrogen) atoms. The third kappa shape index (κ3) is 4.95. The van der Waals surface area contributed by atoms with Crippen LogP contribution in [0.2, 0.25) is 0 Å². The average Bonchev–Trinajstić information content (AvgIpc) is 2.70. The number of carbonyl (C=O) groups is 2. The van der Waals surface area contributed by atoms with E-state index >= 15 is 0 Å². The minimum absolute atomic E-state index is 0.198. The number of nitrogens with zero attached hydrogens (tertiary/aromatic N) is 1. The number of hydrogen-bond acceptors (Lipinski definition) is 5. The van der Waals surface area contributed by atoms with Crippen molar-refractivity contribution in [2.75, 3.05) is 25.5 Å². The molecule has 0 radical (unpaired) electrons. The van der Waals surface area contributed by atoms with Gasteiger partial charge >= 0.3 is 11.9 Å². The maximum atomic E-state index is 11.5. The standard InChI is InChI=1S/C23H34N2O5/c1-15-4-5-18(20(21(26)27)22(28)29)19(14-15)24-16-8-12-25(13-9-16)23(2)10-6-17(30-3)7-11-23/h4-5,14,16-17,20,24H,6-13H2,1-3H3,(H,26,27)(H,28,29). The van der Waals surface area contributed by atoms with E-state index < -0.39 is 17.9 Å². The van der Waals surface area contributed by atoms with Gasteiger partial charge in [0.05, 0.1) is 6.10 Å². The Morgan fingerprint density at radius 2 is 1.73 bits per heavy atom. The van der Waals surface area contributed by atoms with Gasteiger partial charge in [-0.1, -0.05) is 12.1 Å². The molecule has 0 spiro atoms. The smallest absolute Gasteiger partial charge is 0.322 e. The summed E-state index contributed by atoms with van der Waals surface area (Å²) in [5, 5.41) is 22.3. The van der Waals surface area contributed by atoms with Gasteiger partial charge in [-0.2, -0.15) is 0 Å². The molecule has 166 valence electrons. The van der Waals surface area contributed by atoms with Crippen molar-refractivity contribution < 1.29 is 24.5 Å². The molecule has 1 aromatic rings. The van der Waals surface area contributed by atoms with Crippen molar-refractivity contribution in [3.63, 3.8) is 0 Å². The van der Waals surface area contributed by atoms with Gasteiger partial charge in [-0.15, -0.1) is 0 Å². The summed E-state index contributed by atoms with van der Waals surface area (Å²) in [5.74, 6) is -4.25. The van der Waals surface area contributed by atoms with Crippen LogP contribution in [0.25, 0.3) is 0 Å². The summed E-state index contributed by atoms with van der Waals surface area (Å²) >= 11 is 0. The average molecular weight is 419 g/mol. The predicted octanol–water partition coefficient (Wildman–Crippen LogP) is 3.47. The zero-order valence-electron chi connectivity index (χ0n) is 18.2. The number of methoxy groups -OCH3 is 1. The largest absolute Gasteiger partial charge is 0.480 e. The fourth-order valence-corrected chi connectivity index (χ4v) is 4.97. The molecule has 0 atom stereocenters. The number of ether oxygens (including phenoxy) is 1. The van der Waals surface area contributed by atoms with Crippen LogP contribution in [0.15, 0.2) is 18.2 Å². The molecule has 1 saturated heterocycles. The van der Waals surface area contributed by atoms with Gasteiger partial charge in [0, 0.05) is 43.0 Å². The number of aryl methyl sites for hydroxylation is 1. The van der Waals surface area contributed by atoms with Crippen LogP contribution in [0.1, 0.15) is 62.5 Å². The number of likely N-dealkylation sites (tertiary alicyclic amines) is 1. The van der Waals surface area contributed by atoms with Crippen molar-refractivity contribution in [1.82, 2.24) is 4.90 Å². The first-order valence-electron chi connectivity index (χ1n) is 10.8. The first kappa shape index (κ1) is 22.6. The predicted molar refractivity (Wildman–Crippen MR) is 115 cm³/mol. The Hall–Kier alpha value is -2.12. The maximum Gasteiger partial charge on any atom is 0.322 e. The minimum atomic E-state index is -1.57. The Morgan fingerprint density at radius 3 is 2.27 bits per heavy atom. The molecule has 1 heterocycles. The third-order valence-corrected chi connectivity index (χ3v) is 6.97. The first-order valence-corrected chi connectivity index (χ1v) is 10.8. The third-order valence-electron chi connectivity index (χ3n) is 6.97. The van der Waals surface area contributed by atoms with E-state index in [-0.39, 0.29) is 11.6 Å². The quantitative estimate of drug-likeness (QED) is 0.583. The lowest BCUT2D eigenvalue weighted by Crippen LogP contribution is -2.53. The second kappa shape index (κ2) is 9.35. The van der Waals surface area contributed by atoms with E-state index in [0.29, 0.717) is 17.4 Å². The molecular formula is C23H34N2O5. The fourth-order valence-electron chi connectivity index (χ4n) is 4.97. The van der Waals surface area contributed by atoms with Crippen LogP contribution in [-0.2, 0) is 14.3 Å². The summed E-state index contributed by atoms with van der Waals surface area (Å²) in [6.45, 7) is 6.24. The molecule has 0 unspecified atom stereocenters. The van der Waals surface area contributed by atoms with Gasteiger partial charge in [0.25, 0.3) is 0 Å². The van der Waals surface area contributed by atoms with Crippen molar-refractivity contribution in [1.29, 1.82) is 0 Å². The summed E-state index contributed by atoms with van der Waals surface area (Å²) in [6.07, 6.45) is 6.76. The van der Waals surface area contributed by atoms with Crippen LogP contribution < -0.4 is 5.32 Å².